The molecular weight excluding hydrogens is 385 g/mol. The fraction of sp³-hybridized carbons (Fsp3) is 0.500. The summed E-state index contributed by atoms with van der Waals surface area (Å²) in [6, 6.07) is 0.926. The first-order valence-corrected chi connectivity index (χ1v) is 6.89. The number of ether oxygens (including phenoxy) is 1. The van der Waals surface area contributed by atoms with Crippen molar-refractivity contribution in [2.24, 2.45) is 11.7 Å². The van der Waals surface area contributed by atoms with E-state index >= 15 is 0 Å². The van der Waals surface area contributed by atoms with Crippen LogP contribution in [-0.2, 0) is 9.53 Å². The van der Waals surface area contributed by atoms with E-state index in [9.17, 15) is 9.59 Å². The molecule has 0 saturated carbocycles. The lowest BCUT2D eigenvalue weighted by Crippen LogP contribution is -2.44. The van der Waals surface area contributed by atoms with E-state index in [0.717, 1.165) is 12.8 Å². The van der Waals surface area contributed by atoms with E-state index in [1.807, 2.05) is 0 Å². The minimum absolute atomic E-state index is 0. The van der Waals surface area contributed by atoms with E-state index in [0.29, 0.717) is 17.7 Å². The van der Waals surface area contributed by atoms with E-state index in [1.54, 1.807) is 6.07 Å². The van der Waals surface area contributed by atoms with Gasteiger partial charge in [0.05, 0.1) is 6.04 Å². The highest BCUT2D eigenvalue weighted by atomic mass is 79.9. The minimum atomic E-state index is -0.623. The lowest BCUT2D eigenvalue weighted by molar-refractivity contribution is -0.119. The van der Waals surface area contributed by atoms with Crippen molar-refractivity contribution >= 4 is 52.3 Å². The summed E-state index contributed by atoms with van der Waals surface area (Å²) in [5.74, 6) is -0.240. The predicted molar refractivity (Wildman–Crippen MR) is 89.4 cm³/mol. The number of hydrogen-bond acceptors (Lipinski definition) is 4. The third kappa shape index (κ3) is 5.60. The number of halogens is 3. The van der Waals surface area contributed by atoms with Gasteiger partial charge in [0.15, 0.2) is 0 Å². The van der Waals surface area contributed by atoms with Gasteiger partial charge in [-0.2, -0.15) is 0 Å². The van der Waals surface area contributed by atoms with Crippen LogP contribution in [0.2, 0.25) is 0 Å². The molecule has 9 heteroatoms. The van der Waals surface area contributed by atoms with Gasteiger partial charge in [-0.1, -0.05) is 0 Å². The van der Waals surface area contributed by atoms with Gasteiger partial charge in [-0.3, -0.25) is 9.59 Å². The maximum absolute atomic E-state index is 12.0. The van der Waals surface area contributed by atoms with E-state index in [2.05, 4.69) is 26.2 Å². The fourth-order valence-corrected chi connectivity index (χ4v) is 2.40. The van der Waals surface area contributed by atoms with Crippen LogP contribution >= 0.6 is 40.7 Å². The highest BCUT2D eigenvalue weighted by Gasteiger charge is 2.26. The lowest BCUT2D eigenvalue weighted by atomic mass is 9.92. The number of anilines is 1. The van der Waals surface area contributed by atoms with Crippen LogP contribution in [0.5, 0.6) is 0 Å². The van der Waals surface area contributed by atoms with E-state index in [4.69, 9.17) is 10.5 Å². The van der Waals surface area contributed by atoms with Crippen molar-refractivity contribution in [2.45, 2.75) is 18.9 Å². The molecule has 0 aliphatic carbocycles. The van der Waals surface area contributed by atoms with E-state index in [1.165, 1.54) is 6.20 Å². The molecule has 0 radical (unpaired) electrons. The Bertz CT molecular complexity index is 521. The van der Waals surface area contributed by atoms with Crippen molar-refractivity contribution in [2.75, 3.05) is 18.5 Å². The molecule has 1 atom stereocenters. The number of rotatable bonds is 3. The number of aromatic nitrogens is 1. The Kier molecular flexibility index (Phi) is 9.15. The molecule has 0 bridgehead atoms. The molecule has 21 heavy (non-hydrogen) atoms. The van der Waals surface area contributed by atoms with Crippen molar-refractivity contribution in [3.05, 3.63) is 27.1 Å². The molecule has 120 valence electrons. The molecule has 4 N–H and O–H groups in total. The van der Waals surface area contributed by atoms with Crippen molar-refractivity contribution in [1.29, 1.82) is 0 Å². The first-order chi connectivity index (χ1) is 9.08. The minimum Gasteiger partial charge on any atom is -0.381 e. The number of pyridine rings is 1. The second-order valence-corrected chi connectivity index (χ2v) is 5.44. The number of carbonyl (C=O) groups is 1. The topological polar surface area (TPSA) is 97.2 Å². The second-order valence-electron chi connectivity index (χ2n) is 4.53. The molecule has 1 amide bonds. The Morgan fingerprint density at radius 1 is 1.43 bits per heavy atom. The summed E-state index contributed by atoms with van der Waals surface area (Å²) in [5, 5.41) is 2.57. The van der Waals surface area contributed by atoms with E-state index < -0.39 is 6.04 Å². The van der Waals surface area contributed by atoms with Gasteiger partial charge in [0, 0.05) is 23.9 Å². The van der Waals surface area contributed by atoms with E-state index in [-0.39, 0.29) is 47.9 Å². The molecule has 0 spiro atoms. The molecule has 1 aromatic rings. The predicted octanol–water partition coefficient (Wildman–Crippen LogP) is 1.67. The highest BCUT2D eigenvalue weighted by Crippen LogP contribution is 2.18. The summed E-state index contributed by atoms with van der Waals surface area (Å²) < 4.78 is 5.92. The SMILES string of the molecule is Cl.Cl.NC(C(=O)Nc1cc(Br)c[nH]c1=O)C1CCOCC1. The monoisotopic (exact) mass is 401 g/mol. The van der Waals surface area contributed by atoms with Crippen molar-refractivity contribution < 1.29 is 9.53 Å². The maximum atomic E-state index is 12.0. The van der Waals surface area contributed by atoms with Crippen LogP contribution < -0.4 is 16.6 Å². The van der Waals surface area contributed by atoms with Crippen molar-refractivity contribution in [1.82, 2.24) is 4.98 Å². The average Bonchev–Trinajstić information content (AvgIpc) is 2.43. The van der Waals surface area contributed by atoms with Gasteiger partial charge >= 0.3 is 0 Å². The number of nitrogens with one attached hydrogen (secondary N) is 2. The van der Waals surface area contributed by atoms with Gasteiger partial charge < -0.3 is 20.8 Å². The van der Waals surface area contributed by atoms with Crippen LogP contribution in [0.3, 0.4) is 0 Å². The Hall–Kier alpha value is -0.600. The van der Waals surface area contributed by atoms with Gasteiger partial charge in [-0.15, -0.1) is 24.8 Å². The van der Waals surface area contributed by atoms with Gasteiger partial charge in [-0.05, 0) is 40.8 Å². The zero-order valence-electron chi connectivity index (χ0n) is 11.1. The van der Waals surface area contributed by atoms with Gasteiger partial charge in [-0.25, -0.2) is 0 Å². The standard InChI is InChI=1S/C12H16BrN3O3.2ClH/c13-8-5-9(11(17)15-6-8)16-12(18)10(14)7-1-3-19-4-2-7;;/h5-7,10H,1-4,14H2,(H,15,17)(H,16,18);2*1H. The van der Waals surface area contributed by atoms with Crippen molar-refractivity contribution in [3.8, 4) is 0 Å². The largest absolute Gasteiger partial charge is 0.381 e. The summed E-state index contributed by atoms with van der Waals surface area (Å²) in [6.07, 6.45) is 3.04. The number of hydrogen-bond donors (Lipinski definition) is 3. The number of nitrogens with two attached hydrogens (primary N) is 1. The Morgan fingerprint density at radius 3 is 2.67 bits per heavy atom. The molecule has 2 heterocycles. The third-order valence-corrected chi connectivity index (χ3v) is 3.66. The normalized spacial score (nSPS) is 16.3. The Labute approximate surface area is 143 Å². The number of amides is 1. The third-order valence-electron chi connectivity index (χ3n) is 3.20. The van der Waals surface area contributed by atoms with Crippen LogP contribution in [-0.4, -0.2) is 30.1 Å². The lowest BCUT2D eigenvalue weighted by Gasteiger charge is -2.26. The molecule has 1 unspecified atom stereocenters. The molecule has 6 nitrogen and oxygen atoms in total. The second kappa shape index (κ2) is 9.42. The molecular formula is C12H18BrCl2N3O3. The zero-order chi connectivity index (χ0) is 13.8. The van der Waals surface area contributed by atoms with Crippen LogP contribution in [0, 0.1) is 5.92 Å². The van der Waals surface area contributed by atoms with Crippen LogP contribution in [0.4, 0.5) is 5.69 Å². The van der Waals surface area contributed by atoms with Gasteiger partial charge in [0.25, 0.3) is 5.56 Å². The summed E-state index contributed by atoms with van der Waals surface area (Å²) >= 11 is 3.23. The first-order valence-electron chi connectivity index (χ1n) is 6.10. The van der Waals surface area contributed by atoms with Gasteiger partial charge in [0.1, 0.15) is 5.69 Å². The Balaban J connectivity index is 0.00000200. The average molecular weight is 403 g/mol. The smallest absolute Gasteiger partial charge is 0.271 e. The molecule has 1 fully saturated rings. The molecule has 1 aliphatic rings. The first kappa shape index (κ1) is 20.4. The molecule has 1 aliphatic heterocycles. The Morgan fingerprint density at radius 2 is 2.05 bits per heavy atom. The fourth-order valence-electron chi connectivity index (χ4n) is 2.06. The summed E-state index contributed by atoms with van der Waals surface area (Å²) in [7, 11) is 0. The van der Waals surface area contributed by atoms with Crippen LogP contribution in [0.25, 0.3) is 0 Å². The molecule has 1 saturated heterocycles. The van der Waals surface area contributed by atoms with Crippen LogP contribution in [0.1, 0.15) is 12.8 Å². The maximum Gasteiger partial charge on any atom is 0.271 e. The number of H-pyrrole nitrogens is 1. The molecule has 1 aromatic heterocycles. The number of aromatic amines is 1. The highest BCUT2D eigenvalue weighted by molar-refractivity contribution is 9.10. The molecule has 2 rings (SSSR count). The van der Waals surface area contributed by atoms with Crippen LogP contribution in [0.15, 0.2) is 21.5 Å². The quantitative estimate of drug-likeness (QED) is 0.716. The van der Waals surface area contributed by atoms with Crippen molar-refractivity contribution in [3.63, 3.8) is 0 Å². The summed E-state index contributed by atoms with van der Waals surface area (Å²) in [5.41, 5.74) is 5.78. The van der Waals surface area contributed by atoms with Gasteiger partial charge in [0.2, 0.25) is 5.91 Å². The number of carbonyl (C=O) groups excluding carboxylic acids is 1. The summed E-state index contributed by atoms with van der Waals surface area (Å²) in [6.45, 7) is 1.26. The molecule has 0 aromatic carbocycles. The zero-order valence-corrected chi connectivity index (χ0v) is 14.4. The summed E-state index contributed by atoms with van der Waals surface area (Å²) in [4.78, 5) is 26.1.